The third kappa shape index (κ3) is 1.62. The van der Waals surface area contributed by atoms with E-state index in [-0.39, 0.29) is 5.43 Å². The van der Waals surface area contributed by atoms with Crippen molar-refractivity contribution in [2.45, 2.75) is 25.7 Å². The van der Waals surface area contributed by atoms with Crippen LogP contribution in [0, 0.1) is 6.92 Å². The van der Waals surface area contributed by atoms with Crippen molar-refractivity contribution in [2.75, 3.05) is 7.11 Å². The van der Waals surface area contributed by atoms with Gasteiger partial charge >= 0.3 is 0 Å². The Hall–Kier alpha value is -1.77. The van der Waals surface area contributed by atoms with E-state index in [0.717, 1.165) is 24.2 Å². The fourth-order valence-electron chi connectivity index (χ4n) is 2.15. The molecule has 0 atom stereocenters. The molecule has 0 aliphatic heterocycles. The van der Waals surface area contributed by atoms with Crippen molar-refractivity contribution >= 4 is 11.0 Å². The minimum absolute atomic E-state index is 0.0794. The zero-order chi connectivity index (χ0) is 12.0. The fourth-order valence-corrected chi connectivity index (χ4v) is 2.15. The molecule has 1 aliphatic carbocycles. The molecular weight excluding hydrogens is 216 g/mol. The molecule has 1 aromatic heterocycles. The third-order valence-corrected chi connectivity index (χ3v) is 3.31. The molecule has 3 nitrogen and oxygen atoms in total. The highest BCUT2D eigenvalue weighted by molar-refractivity contribution is 5.78. The van der Waals surface area contributed by atoms with Crippen LogP contribution in [0.3, 0.4) is 0 Å². The molecule has 0 spiro atoms. The quantitative estimate of drug-likeness (QED) is 0.796. The predicted octanol–water partition coefficient (Wildman–Crippen LogP) is 2.99. The first-order valence-corrected chi connectivity index (χ1v) is 5.82. The standard InChI is InChI=1S/C14H14O3/c1-8-13(15)11-6-5-10(16-2)7-12(11)17-14(8)9-3-4-9/h5-7,9H,3-4H2,1-2H3. The highest BCUT2D eigenvalue weighted by Crippen LogP contribution is 2.41. The summed E-state index contributed by atoms with van der Waals surface area (Å²) in [4.78, 5) is 12.2. The summed E-state index contributed by atoms with van der Waals surface area (Å²) in [5.74, 6) is 2.01. The van der Waals surface area contributed by atoms with E-state index in [1.54, 1.807) is 25.3 Å². The van der Waals surface area contributed by atoms with Gasteiger partial charge in [0.05, 0.1) is 12.5 Å². The minimum Gasteiger partial charge on any atom is -0.497 e. The monoisotopic (exact) mass is 230 g/mol. The molecule has 2 aromatic rings. The van der Waals surface area contributed by atoms with Crippen LogP contribution in [0.15, 0.2) is 27.4 Å². The van der Waals surface area contributed by atoms with E-state index in [4.69, 9.17) is 9.15 Å². The van der Waals surface area contributed by atoms with Crippen molar-refractivity contribution in [3.8, 4) is 5.75 Å². The Morgan fingerprint density at radius 1 is 1.35 bits per heavy atom. The van der Waals surface area contributed by atoms with E-state index in [9.17, 15) is 4.79 Å². The molecule has 0 unspecified atom stereocenters. The van der Waals surface area contributed by atoms with Crippen LogP contribution in [0.4, 0.5) is 0 Å². The highest BCUT2D eigenvalue weighted by atomic mass is 16.5. The molecule has 0 N–H and O–H groups in total. The Kier molecular flexibility index (Phi) is 2.21. The van der Waals surface area contributed by atoms with Gasteiger partial charge in [0, 0.05) is 17.5 Å². The molecule has 1 fully saturated rings. The summed E-state index contributed by atoms with van der Waals surface area (Å²) < 4.78 is 11.0. The molecule has 17 heavy (non-hydrogen) atoms. The lowest BCUT2D eigenvalue weighted by atomic mass is 10.1. The average molecular weight is 230 g/mol. The molecule has 3 rings (SSSR count). The van der Waals surface area contributed by atoms with Crippen molar-refractivity contribution in [3.63, 3.8) is 0 Å². The van der Waals surface area contributed by atoms with Crippen LogP contribution >= 0.6 is 0 Å². The second-order valence-electron chi connectivity index (χ2n) is 4.56. The number of hydrogen-bond acceptors (Lipinski definition) is 3. The van der Waals surface area contributed by atoms with Gasteiger partial charge in [-0.2, -0.15) is 0 Å². The zero-order valence-electron chi connectivity index (χ0n) is 9.95. The number of hydrogen-bond donors (Lipinski definition) is 0. The predicted molar refractivity (Wildman–Crippen MR) is 65.7 cm³/mol. The Morgan fingerprint density at radius 3 is 2.76 bits per heavy atom. The molecule has 0 saturated heterocycles. The van der Waals surface area contributed by atoms with E-state index < -0.39 is 0 Å². The first-order valence-electron chi connectivity index (χ1n) is 5.82. The summed E-state index contributed by atoms with van der Waals surface area (Å²) in [6, 6.07) is 5.33. The maximum absolute atomic E-state index is 12.2. The smallest absolute Gasteiger partial charge is 0.195 e. The number of methoxy groups -OCH3 is 1. The average Bonchev–Trinajstić information content (AvgIpc) is 3.17. The molecule has 0 radical (unpaired) electrons. The lowest BCUT2D eigenvalue weighted by molar-refractivity contribution is 0.414. The van der Waals surface area contributed by atoms with Gasteiger partial charge in [0.1, 0.15) is 17.1 Å². The Bertz CT molecular complexity index is 636. The fraction of sp³-hybridized carbons (Fsp3) is 0.357. The van der Waals surface area contributed by atoms with Crippen LogP contribution in [0.2, 0.25) is 0 Å². The Balaban J connectivity index is 2.31. The van der Waals surface area contributed by atoms with Crippen molar-refractivity contribution in [1.82, 2.24) is 0 Å². The van der Waals surface area contributed by atoms with Gasteiger partial charge in [-0.15, -0.1) is 0 Å². The van der Waals surface area contributed by atoms with Crippen LogP contribution in [0.5, 0.6) is 5.75 Å². The van der Waals surface area contributed by atoms with Crippen LogP contribution in [0.1, 0.15) is 30.1 Å². The SMILES string of the molecule is COc1ccc2c(=O)c(C)c(C3CC3)oc2c1. The van der Waals surface area contributed by atoms with Gasteiger partial charge in [-0.05, 0) is 31.9 Å². The van der Waals surface area contributed by atoms with E-state index in [2.05, 4.69) is 0 Å². The molecule has 88 valence electrons. The van der Waals surface area contributed by atoms with Gasteiger partial charge in [-0.3, -0.25) is 4.79 Å². The first-order chi connectivity index (χ1) is 8.20. The Labute approximate surface area is 99.0 Å². The summed E-state index contributed by atoms with van der Waals surface area (Å²) >= 11 is 0. The second-order valence-corrected chi connectivity index (χ2v) is 4.56. The zero-order valence-corrected chi connectivity index (χ0v) is 9.95. The molecule has 1 saturated carbocycles. The number of ether oxygens (including phenoxy) is 1. The molecule has 1 aliphatic rings. The minimum atomic E-state index is 0.0794. The number of fused-ring (bicyclic) bond motifs is 1. The van der Waals surface area contributed by atoms with Crippen LogP contribution in [-0.2, 0) is 0 Å². The van der Waals surface area contributed by atoms with Crippen molar-refractivity contribution in [3.05, 3.63) is 39.7 Å². The molecule has 3 heteroatoms. The lowest BCUT2D eigenvalue weighted by Crippen LogP contribution is -2.08. The summed E-state index contributed by atoms with van der Waals surface area (Å²) in [6.45, 7) is 1.85. The van der Waals surface area contributed by atoms with Crippen molar-refractivity contribution < 1.29 is 9.15 Å². The van der Waals surface area contributed by atoms with Crippen LogP contribution < -0.4 is 10.2 Å². The molecule has 1 aromatic carbocycles. The van der Waals surface area contributed by atoms with Gasteiger partial charge in [0.15, 0.2) is 5.43 Å². The lowest BCUT2D eigenvalue weighted by Gasteiger charge is -2.06. The molecule has 1 heterocycles. The third-order valence-electron chi connectivity index (χ3n) is 3.31. The van der Waals surface area contributed by atoms with E-state index in [0.29, 0.717) is 22.6 Å². The highest BCUT2D eigenvalue weighted by Gasteiger charge is 2.29. The van der Waals surface area contributed by atoms with Crippen LogP contribution in [-0.4, -0.2) is 7.11 Å². The molecular formula is C14H14O3. The van der Waals surface area contributed by atoms with E-state index in [1.807, 2.05) is 6.92 Å². The maximum Gasteiger partial charge on any atom is 0.195 e. The summed E-state index contributed by atoms with van der Waals surface area (Å²) in [5, 5.41) is 0.632. The topological polar surface area (TPSA) is 39.4 Å². The molecule has 0 amide bonds. The second kappa shape index (κ2) is 3.62. The summed E-state index contributed by atoms with van der Waals surface area (Å²) in [6.07, 6.45) is 2.25. The summed E-state index contributed by atoms with van der Waals surface area (Å²) in [5.41, 5.74) is 1.46. The maximum atomic E-state index is 12.2. The summed E-state index contributed by atoms with van der Waals surface area (Å²) in [7, 11) is 1.61. The van der Waals surface area contributed by atoms with Crippen molar-refractivity contribution in [1.29, 1.82) is 0 Å². The van der Waals surface area contributed by atoms with Crippen molar-refractivity contribution in [2.24, 2.45) is 0 Å². The van der Waals surface area contributed by atoms with Gasteiger partial charge in [0.25, 0.3) is 0 Å². The van der Waals surface area contributed by atoms with E-state index >= 15 is 0 Å². The number of benzene rings is 1. The molecule has 0 bridgehead atoms. The van der Waals surface area contributed by atoms with Gasteiger partial charge in [-0.25, -0.2) is 0 Å². The van der Waals surface area contributed by atoms with Gasteiger partial charge in [0.2, 0.25) is 0 Å². The van der Waals surface area contributed by atoms with Gasteiger partial charge in [-0.1, -0.05) is 0 Å². The largest absolute Gasteiger partial charge is 0.497 e. The normalized spacial score (nSPS) is 15.2. The van der Waals surface area contributed by atoms with E-state index in [1.165, 1.54) is 0 Å². The number of rotatable bonds is 2. The first kappa shape index (κ1) is 10.4. The Morgan fingerprint density at radius 2 is 2.12 bits per heavy atom. The van der Waals surface area contributed by atoms with Gasteiger partial charge < -0.3 is 9.15 Å². The van der Waals surface area contributed by atoms with Crippen LogP contribution in [0.25, 0.3) is 11.0 Å².